The molecule has 1 fully saturated rings. The molecule has 16 heavy (non-hydrogen) atoms. The first-order valence-electron chi connectivity index (χ1n) is 5.68. The topological polar surface area (TPSA) is 58.9 Å². The van der Waals surface area contributed by atoms with Gasteiger partial charge in [0.05, 0.1) is 0 Å². The van der Waals surface area contributed by atoms with Crippen LogP contribution < -0.4 is 0 Å². The van der Waals surface area contributed by atoms with Crippen LogP contribution in [0.25, 0.3) is 0 Å². The van der Waals surface area contributed by atoms with Gasteiger partial charge in [-0.2, -0.15) is 0 Å². The Balaban J connectivity index is 2.19. The van der Waals surface area contributed by atoms with Gasteiger partial charge in [0, 0.05) is 12.8 Å². The normalized spacial score (nSPS) is 18.8. The molecule has 4 nitrogen and oxygen atoms in total. The van der Waals surface area contributed by atoms with Crippen molar-refractivity contribution in [2.75, 3.05) is 13.2 Å². The molecule has 0 amide bonds. The van der Waals surface area contributed by atoms with Crippen LogP contribution in [0.2, 0.25) is 0 Å². The number of esters is 1. The number of nitrogens with zero attached hydrogens (tertiary/aromatic N) is 1. The van der Waals surface area contributed by atoms with E-state index in [-0.39, 0.29) is 24.5 Å². The molecular weight excluding hydrogens is 206 g/mol. The van der Waals surface area contributed by atoms with E-state index < -0.39 is 5.60 Å². The maximum atomic E-state index is 11.3. The monoisotopic (exact) mass is 227 g/mol. The van der Waals surface area contributed by atoms with E-state index in [4.69, 9.17) is 9.84 Å². The van der Waals surface area contributed by atoms with Gasteiger partial charge in [-0.1, -0.05) is 0 Å². The smallest absolute Gasteiger partial charge is 0.328 e. The van der Waals surface area contributed by atoms with E-state index in [2.05, 4.69) is 4.99 Å². The fourth-order valence-electron chi connectivity index (χ4n) is 1.37. The summed E-state index contributed by atoms with van der Waals surface area (Å²) in [6.45, 7) is 5.78. The third-order valence-electron chi connectivity index (χ3n) is 2.59. The van der Waals surface area contributed by atoms with Crippen LogP contribution in [0, 0.1) is 5.41 Å². The Kier molecular flexibility index (Phi) is 4.08. The maximum Gasteiger partial charge on any atom is 0.328 e. The molecule has 0 aromatic rings. The Hall–Kier alpha value is -0.900. The lowest BCUT2D eigenvalue weighted by molar-refractivity contribution is -0.152. The first-order valence-corrected chi connectivity index (χ1v) is 5.68. The lowest BCUT2D eigenvalue weighted by Crippen LogP contribution is -2.25. The van der Waals surface area contributed by atoms with Gasteiger partial charge in [-0.25, -0.2) is 0 Å². The SMILES string of the molecule is CC(C)(C)OC(=O)C/N=C/CC1(CO)CC1. The molecule has 0 bridgehead atoms. The second-order valence-corrected chi connectivity index (χ2v) is 5.47. The number of aliphatic hydroxyl groups excluding tert-OH is 1. The highest BCUT2D eigenvalue weighted by Gasteiger charge is 2.40. The summed E-state index contributed by atoms with van der Waals surface area (Å²) in [5, 5.41) is 9.06. The highest BCUT2D eigenvalue weighted by Crippen LogP contribution is 2.47. The van der Waals surface area contributed by atoms with E-state index in [0.29, 0.717) is 0 Å². The first kappa shape index (κ1) is 13.2. The van der Waals surface area contributed by atoms with Gasteiger partial charge in [-0.15, -0.1) is 0 Å². The summed E-state index contributed by atoms with van der Waals surface area (Å²) < 4.78 is 5.11. The molecule has 92 valence electrons. The molecule has 1 N–H and O–H groups in total. The van der Waals surface area contributed by atoms with Crippen LogP contribution in [0.3, 0.4) is 0 Å². The van der Waals surface area contributed by atoms with Crippen LogP contribution in [0.4, 0.5) is 0 Å². The van der Waals surface area contributed by atoms with Gasteiger partial charge in [0.25, 0.3) is 0 Å². The van der Waals surface area contributed by atoms with Crippen LogP contribution >= 0.6 is 0 Å². The Morgan fingerprint density at radius 1 is 1.50 bits per heavy atom. The van der Waals surface area contributed by atoms with Crippen LogP contribution in [-0.2, 0) is 9.53 Å². The number of carbonyl (C=O) groups excluding carboxylic acids is 1. The van der Waals surface area contributed by atoms with E-state index in [9.17, 15) is 4.79 Å². The molecule has 0 aliphatic heterocycles. The number of aliphatic hydroxyl groups is 1. The zero-order chi connectivity index (χ0) is 12.2. The van der Waals surface area contributed by atoms with E-state index in [1.54, 1.807) is 6.21 Å². The van der Waals surface area contributed by atoms with Crippen LogP contribution in [0.15, 0.2) is 4.99 Å². The number of hydrogen-bond donors (Lipinski definition) is 1. The van der Waals surface area contributed by atoms with Gasteiger partial charge in [-0.3, -0.25) is 9.79 Å². The van der Waals surface area contributed by atoms with Gasteiger partial charge < -0.3 is 9.84 Å². The van der Waals surface area contributed by atoms with Crippen molar-refractivity contribution >= 4 is 12.2 Å². The van der Waals surface area contributed by atoms with Crippen molar-refractivity contribution in [1.29, 1.82) is 0 Å². The van der Waals surface area contributed by atoms with Crippen LogP contribution in [0.5, 0.6) is 0 Å². The van der Waals surface area contributed by atoms with Gasteiger partial charge in [0.15, 0.2) is 0 Å². The van der Waals surface area contributed by atoms with Crippen molar-refractivity contribution in [2.24, 2.45) is 10.4 Å². The molecule has 0 saturated heterocycles. The van der Waals surface area contributed by atoms with Gasteiger partial charge >= 0.3 is 5.97 Å². The third kappa shape index (κ3) is 4.75. The van der Waals surface area contributed by atoms with E-state index in [1.807, 2.05) is 20.8 Å². The summed E-state index contributed by atoms with van der Waals surface area (Å²) in [5.74, 6) is -0.308. The Morgan fingerprint density at radius 3 is 2.56 bits per heavy atom. The molecule has 0 heterocycles. The van der Waals surface area contributed by atoms with Crippen molar-refractivity contribution in [3.05, 3.63) is 0 Å². The fourth-order valence-corrected chi connectivity index (χ4v) is 1.37. The first-order chi connectivity index (χ1) is 7.37. The molecule has 1 rings (SSSR count). The highest BCUT2D eigenvalue weighted by atomic mass is 16.6. The van der Waals surface area contributed by atoms with Gasteiger partial charge in [0.2, 0.25) is 0 Å². The Labute approximate surface area is 96.7 Å². The molecule has 1 saturated carbocycles. The number of aliphatic imine (C=N–C) groups is 1. The zero-order valence-electron chi connectivity index (χ0n) is 10.3. The molecule has 4 heteroatoms. The van der Waals surface area contributed by atoms with Crippen molar-refractivity contribution in [2.45, 2.75) is 45.6 Å². The number of rotatable bonds is 5. The number of hydrogen-bond acceptors (Lipinski definition) is 4. The van der Waals surface area contributed by atoms with Gasteiger partial charge in [-0.05, 0) is 45.4 Å². The summed E-state index contributed by atoms with van der Waals surface area (Å²) in [7, 11) is 0. The standard InChI is InChI=1S/C12H21NO3/c1-11(2,3)16-10(15)8-13-7-6-12(9-14)4-5-12/h7,14H,4-6,8-9H2,1-3H3/b13-7+. The van der Waals surface area contributed by atoms with E-state index in [1.165, 1.54) is 0 Å². The largest absolute Gasteiger partial charge is 0.459 e. The molecule has 0 spiro atoms. The lowest BCUT2D eigenvalue weighted by atomic mass is 10.1. The second-order valence-electron chi connectivity index (χ2n) is 5.47. The average molecular weight is 227 g/mol. The quantitative estimate of drug-likeness (QED) is 0.573. The minimum absolute atomic E-state index is 0.0669. The average Bonchev–Trinajstić information content (AvgIpc) is 2.90. The molecule has 1 aliphatic carbocycles. The zero-order valence-corrected chi connectivity index (χ0v) is 10.3. The maximum absolute atomic E-state index is 11.3. The molecule has 0 aromatic heterocycles. The highest BCUT2D eigenvalue weighted by molar-refractivity contribution is 5.74. The minimum atomic E-state index is -0.449. The van der Waals surface area contributed by atoms with E-state index >= 15 is 0 Å². The van der Waals surface area contributed by atoms with E-state index in [0.717, 1.165) is 19.3 Å². The van der Waals surface area contributed by atoms with Crippen LogP contribution in [0.1, 0.15) is 40.0 Å². The number of carbonyl (C=O) groups is 1. The van der Waals surface area contributed by atoms with Crippen LogP contribution in [-0.4, -0.2) is 36.0 Å². The van der Waals surface area contributed by atoms with Crippen molar-refractivity contribution < 1.29 is 14.6 Å². The molecule has 0 radical (unpaired) electrons. The molecule has 0 aromatic carbocycles. The Bertz CT molecular complexity index is 274. The second kappa shape index (κ2) is 4.95. The lowest BCUT2D eigenvalue weighted by Gasteiger charge is -2.18. The Morgan fingerprint density at radius 2 is 2.12 bits per heavy atom. The molecule has 1 aliphatic rings. The van der Waals surface area contributed by atoms with Crippen molar-refractivity contribution in [1.82, 2.24) is 0 Å². The molecule has 0 atom stereocenters. The van der Waals surface area contributed by atoms with Gasteiger partial charge in [0.1, 0.15) is 12.1 Å². The summed E-state index contributed by atoms with van der Waals surface area (Å²) in [6.07, 6.45) is 4.60. The summed E-state index contributed by atoms with van der Waals surface area (Å²) in [6, 6.07) is 0. The molecular formula is C12H21NO3. The molecule has 0 unspecified atom stereocenters. The third-order valence-corrected chi connectivity index (χ3v) is 2.59. The van der Waals surface area contributed by atoms with Crippen molar-refractivity contribution in [3.63, 3.8) is 0 Å². The summed E-state index contributed by atoms with van der Waals surface area (Å²) >= 11 is 0. The summed E-state index contributed by atoms with van der Waals surface area (Å²) in [5.41, 5.74) is -0.382. The fraction of sp³-hybridized carbons (Fsp3) is 0.833. The van der Waals surface area contributed by atoms with Crippen molar-refractivity contribution in [3.8, 4) is 0 Å². The summed E-state index contributed by atoms with van der Waals surface area (Å²) in [4.78, 5) is 15.3. The predicted molar refractivity (Wildman–Crippen MR) is 62.6 cm³/mol. The predicted octanol–water partition coefficient (Wildman–Crippen LogP) is 1.56. The minimum Gasteiger partial charge on any atom is -0.459 e. The number of ether oxygens (including phenoxy) is 1.